The van der Waals surface area contributed by atoms with Gasteiger partial charge in [-0.1, -0.05) is 0 Å². The third-order valence-corrected chi connectivity index (χ3v) is 16.2. The molecule has 0 nitrogen and oxygen atoms in total. The van der Waals surface area contributed by atoms with Gasteiger partial charge in [0.05, 0.1) is 0 Å². The summed E-state index contributed by atoms with van der Waals surface area (Å²) in [7, 11) is 0. The van der Waals surface area contributed by atoms with Crippen molar-refractivity contribution in [1.29, 1.82) is 0 Å². The van der Waals surface area contributed by atoms with E-state index in [0.29, 0.717) is 5.92 Å². The first-order valence-corrected chi connectivity index (χ1v) is 12.2. The molecule has 0 radical (unpaired) electrons. The van der Waals surface area contributed by atoms with Crippen LogP contribution >= 0.6 is 0 Å². The Kier molecular flexibility index (Phi) is 8.17. The van der Waals surface area contributed by atoms with Crippen LogP contribution in [0, 0.1) is 5.92 Å². The van der Waals surface area contributed by atoms with E-state index in [1.54, 1.807) is 17.7 Å². The van der Waals surface area contributed by atoms with Gasteiger partial charge in [0.25, 0.3) is 0 Å². The van der Waals surface area contributed by atoms with Gasteiger partial charge in [-0.15, -0.1) is 0 Å². The van der Waals surface area contributed by atoms with Crippen molar-refractivity contribution in [3.05, 3.63) is 41.6 Å². The van der Waals surface area contributed by atoms with Crippen molar-refractivity contribution in [2.75, 3.05) is 0 Å². The average molecular weight is 478 g/mol. The second kappa shape index (κ2) is 8.06. The van der Waals surface area contributed by atoms with Crippen LogP contribution in [0.1, 0.15) is 48.0 Å². The Hall–Kier alpha value is 0.280. The molecule has 0 heterocycles. The molecule has 0 N–H and O–H groups in total. The second-order valence-electron chi connectivity index (χ2n) is 5.93. The molecule has 2 aliphatic carbocycles. The molecule has 0 saturated heterocycles. The van der Waals surface area contributed by atoms with Crippen LogP contribution < -0.4 is 24.8 Å². The van der Waals surface area contributed by atoms with Crippen LogP contribution in [0.3, 0.4) is 0 Å². The first-order chi connectivity index (χ1) is 8.41. The predicted octanol–water partition coefficient (Wildman–Crippen LogP) is -1.07. The Balaban J connectivity index is 0.00000180. The number of halogens is 2. The first kappa shape index (κ1) is 20.3. The molecule has 1 atom stereocenters. The van der Waals surface area contributed by atoms with Crippen LogP contribution in [-0.4, -0.2) is 3.26 Å². The summed E-state index contributed by atoms with van der Waals surface area (Å²) in [6.45, 7) is 14.0. The molecule has 0 saturated carbocycles. The Morgan fingerprint density at radius 2 is 1.70 bits per heavy atom. The smallest absolute Gasteiger partial charge is 1.00 e. The van der Waals surface area contributed by atoms with Crippen LogP contribution in [0.15, 0.2) is 41.6 Å². The van der Waals surface area contributed by atoms with E-state index >= 15 is 0 Å². The molecule has 20 heavy (non-hydrogen) atoms. The van der Waals surface area contributed by atoms with Crippen LogP contribution in [0.2, 0.25) is 0 Å². The zero-order chi connectivity index (χ0) is 13.4. The largest absolute Gasteiger partial charge is 1.00 e. The Morgan fingerprint density at radius 1 is 1.10 bits per heavy atom. The summed E-state index contributed by atoms with van der Waals surface area (Å²) in [5, 5.41) is 0. The quantitative estimate of drug-likeness (QED) is 0.445. The normalized spacial score (nSPS) is 20.2. The van der Waals surface area contributed by atoms with Crippen molar-refractivity contribution in [2.24, 2.45) is 5.92 Å². The summed E-state index contributed by atoms with van der Waals surface area (Å²) in [6, 6.07) is 0. The zero-order valence-electron chi connectivity index (χ0n) is 13.3. The maximum absolute atomic E-state index is 2.51. The van der Waals surface area contributed by atoms with Crippen molar-refractivity contribution in [3.8, 4) is 0 Å². The fourth-order valence-electron chi connectivity index (χ4n) is 3.04. The van der Waals surface area contributed by atoms with Crippen LogP contribution in [0.25, 0.3) is 0 Å². The van der Waals surface area contributed by atoms with Gasteiger partial charge in [-0.2, -0.15) is 0 Å². The van der Waals surface area contributed by atoms with E-state index in [9.17, 15) is 0 Å². The molecule has 110 valence electrons. The SMILES string of the molecule is CC1=C(C)C[C]([Hf+2]([C]2=C(C)C=CC2C)=[C](C)C)=C1.[Cl-].[Cl-]. The average Bonchev–Trinajstić information content (AvgIpc) is 2.76. The van der Waals surface area contributed by atoms with Crippen LogP contribution in [0.4, 0.5) is 0 Å². The number of hydrogen-bond acceptors (Lipinski definition) is 0. The summed E-state index contributed by atoms with van der Waals surface area (Å²) < 4.78 is 5.37. The Labute approximate surface area is 143 Å². The Morgan fingerprint density at radius 3 is 2.05 bits per heavy atom. The monoisotopic (exact) mass is 478 g/mol. The number of allylic oxidation sites excluding steroid dienone is 8. The van der Waals surface area contributed by atoms with E-state index in [2.05, 4.69) is 59.8 Å². The van der Waals surface area contributed by atoms with E-state index < -0.39 is 21.0 Å². The van der Waals surface area contributed by atoms with Crippen molar-refractivity contribution in [1.82, 2.24) is 0 Å². The molecule has 0 bridgehead atoms. The van der Waals surface area contributed by atoms with Gasteiger partial charge >= 0.3 is 120 Å². The van der Waals surface area contributed by atoms with Gasteiger partial charge in [0, 0.05) is 0 Å². The summed E-state index contributed by atoms with van der Waals surface area (Å²) >= 11 is -1.90. The summed E-state index contributed by atoms with van der Waals surface area (Å²) in [5.41, 5.74) is 4.67. The fraction of sp³-hybridized carbons (Fsp3) is 0.471. The standard InChI is InChI=1S/2C7H9.C3H6.2ClH.Hf/c1-6-3-4-7(2)5-6;1-6-4-3-5-7(6)2;1-3-2;;;/h3-4,6H,1-2H3;4H,5H2,1-2H3;1-2H3;2*1H;/q;;;;;+2/p-2. The molecule has 0 amide bonds. The van der Waals surface area contributed by atoms with Gasteiger partial charge in [0.15, 0.2) is 0 Å². The minimum Gasteiger partial charge on any atom is -1.00 e. The van der Waals surface area contributed by atoms with Gasteiger partial charge in [-0.3, -0.25) is 0 Å². The van der Waals surface area contributed by atoms with Gasteiger partial charge < -0.3 is 24.8 Å². The van der Waals surface area contributed by atoms with E-state index in [-0.39, 0.29) is 24.8 Å². The molecule has 2 aliphatic rings. The maximum atomic E-state index is 2.51. The third-order valence-electron chi connectivity index (χ3n) is 4.13. The summed E-state index contributed by atoms with van der Waals surface area (Å²) in [5.74, 6) is 0.684. The first-order valence-electron chi connectivity index (χ1n) is 6.86. The van der Waals surface area contributed by atoms with Gasteiger partial charge in [-0.25, -0.2) is 0 Å². The van der Waals surface area contributed by atoms with E-state index in [1.165, 1.54) is 12.0 Å². The topological polar surface area (TPSA) is 0 Å². The van der Waals surface area contributed by atoms with E-state index in [0.717, 1.165) is 0 Å². The summed E-state index contributed by atoms with van der Waals surface area (Å²) in [4.78, 5) is 0. The molecule has 2 rings (SSSR count). The zero-order valence-corrected chi connectivity index (χ0v) is 18.4. The number of rotatable bonds is 2. The van der Waals surface area contributed by atoms with Gasteiger partial charge in [0.2, 0.25) is 0 Å². The van der Waals surface area contributed by atoms with Gasteiger partial charge in [-0.05, 0) is 0 Å². The molecular weight excluding hydrogens is 454 g/mol. The molecule has 0 spiro atoms. The van der Waals surface area contributed by atoms with Crippen molar-refractivity contribution >= 4 is 3.26 Å². The molecular formula is C17H24Cl2Hf. The minimum absolute atomic E-state index is 0. The Bertz CT molecular complexity index is 541. The molecule has 0 aromatic carbocycles. The molecule has 3 heteroatoms. The molecule has 0 fully saturated rings. The summed E-state index contributed by atoms with van der Waals surface area (Å²) in [6.07, 6.45) is 8.50. The predicted molar refractivity (Wildman–Crippen MR) is 78.4 cm³/mol. The van der Waals surface area contributed by atoms with Crippen molar-refractivity contribution in [3.63, 3.8) is 0 Å². The van der Waals surface area contributed by atoms with Crippen LogP contribution in [-0.2, 0) is 21.0 Å². The van der Waals surface area contributed by atoms with Crippen LogP contribution in [0.5, 0.6) is 0 Å². The molecule has 0 aromatic heterocycles. The number of hydrogen-bond donors (Lipinski definition) is 0. The van der Waals surface area contributed by atoms with Gasteiger partial charge in [0.1, 0.15) is 0 Å². The fourth-order valence-corrected chi connectivity index (χ4v) is 15.1. The van der Waals surface area contributed by atoms with Crippen molar-refractivity contribution < 1.29 is 45.8 Å². The molecule has 1 unspecified atom stereocenters. The van der Waals surface area contributed by atoms with E-state index in [4.69, 9.17) is 0 Å². The minimum atomic E-state index is -1.90. The maximum Gasteiger partial charge on any atom is -1.00 e. The van der Waals surface area contributed by atoms with E-state index in [1.807, 2.05) is 3.33 Å². The third kappa shape index (κ3) is 3.93. The molecule has 0 aliphatic heterocycles. The molecule has 0 aromatic rings. The van der Waals surface area contributed by atoms with Crippen molar-refractivity contribution in [2.45, 2.75) is 48.0 Å². The second-order valence-corrected chi connectivity index (χ2v) is 16.5.